The average molecular weight is 489 g/mol. The van der Waals surface area contributed by atoms with Crippen molar-refractivity contribution in [3.8, 4) is 0 Å². The molecule has 1 aromatic carbocycles. The van der Waals surface area contributed by atoms with Crippen LogP contribution in [-0.4, -0.2) is 38.7 Å². The number of nitrogens with one attached hydrogen (secondary N) is 2. The van der Waals surface area contributed by atoms with Gasteiger partial charge in [-0.05, 0) is 37.8 Å². The van der Waals surface area contributed by atoms with Crippen molar-refractivity contribution in [3.63, 3.8) is 0 Å². The molecule has 9 nitrogen and oxygen atoms in total. The lowest BCUT2D eigenvalue weighted by Crippen LogP contribution is -2.43. The molecule has 0 unspecified atom stereocenters. The number of fused-ring (bicyclic) bond motifs is 1. The van der Waals surface area contributed by atoms with Gasteiger partial charge in [0.2, 0.25) is 5.91 Å². The Morgan fingerprint density at radius 2 is 1.69 bits per heavy atom. The highest BCUT2D eigenvalue weighted by Gasteiger charge is 2.25. The maximum Gasteiger partial charge on any atom is 0.331 e. The van der Waals surface area contributed by atoms with Crippen molar-refractivity contribution < 1.29 is 19.1 Å². The normalized spacial score (nSPS) is 17.1. The molecule has 2 fully saturated rings. The summed E-state index contributed by atoms with van der Waals surface area (Å²) in [6.07, 6.45) is 8.39. The summed E-state index contributed by atoms with van der Waals surface area (Å²) in [5, 5.41) is 14.7. The first-order chi connectivity index (χ1) is 16.8. The molecule has 0 spiro atoms. The van der Waals surface area contributed by atoms with Crippen LogP contribution in [-0.2, 0) is 16.1 Å². The smallest absolute Gasteiger partial charge is 0.331 e. The number of carbonyl (C=O) groups excluding carboxylic acids is 1. The predicted octanol–water partition coefficient (Wildman–Crippen LogP) is 3.14. The van der Waals surface area contributed by atoms with Crippen LogP contribution in [0.15, 0.2) is 21.7 Å². The first kappa shape index (κ1) is 24.9. The molecule has 0 bridgehead atoms. The number of hydrogen-bond acceptors (Lipinski definition) is 5. The second-order valence-corrected chi connectivity index (χ2v) is 9.62. The largest absolute Gasteiger partial charge is 0.481 e. The minimum atomic E-state index is -1.08. The SMILES string of the molecule is O=C(O)CCC(=O)NCCn1c(=O)c2cc(F)c(NC3CCCCC3)cc2n(C2CCCC2)c1=O. The molecule has 3 N–H and O–H groups in total. The second-order valence-electron chi connectivity index (χ2n) is 9.62. The zero-order chi connectivity index (χ0) is 24.9. The second kappa shape index (κ2) is 11.0. The minimum Gasteiger partial charge on any atom is -0.481 e. The fourth-order valence-corrected chi connectivity index (χ4v) is 5.30. The van der Waals surface area contributed by atoms with Crippen molar-refractivity contribution in [1.82, 2.24) is 14.5 Å². The number of aliphatic carboxylic acids is 1. The number of carboxylic acids is 1. The van der Waals surface area contributed by atoms with Crippen LogP contribution >= 0.6 is 0 Å². The van der Waals surface area contributed by atoms with Gasteiger partial charge in [-0.2, -0.15) is 0 Å². The first-order valence-corrected chi connectivity index (χ1v) is 12.6. The molecule has 35 heavy (non-hydrogen) atoms. The van der Waals surface area contributed by atoms with E-state index in [1.54, 1.807) is 10.6 Å². The van der Waals surface area contributed by atoms with Gasteiger partial charge in [0.05, 0.1) is 23.0 Å². The molecule has 1 heterocycles. The molecule has 2 saturated carbocycles. The van der Waals surface area contributed by atoms with E-state index in [0.29, 0.717) is 11.2 Å². The minimum absolute atomic E-state index is 0.00638. The van der Waals surface area contributed by atoms with Crippen LogP contribution in [0.2, 0.25) is 0 Å². The van der Waals surface area contributed by atoms with Crippen LogP contribution in [0.1, 0.15) is 76.7 Å². The van der Waals surface area contributed by atoms with Gasteiger partial charge in [0.1, 0.15) is 5.82 Å². The maximum absolute atomic E-state index is 15.1. The van der Waals surface area contributed by atoms with E-state index in [0.717, 1.165) is 55.9 Å². The lowest BCUT2D eigenvalue weighted by Gasteiger charge is -2.25. The van der Waals surface area contributed by atoms with Gasteiger partial charge in [0.15, 0.2) is 0 Å². The number of rotatable bonds is 9. The Hall–Kier alpha value is -3.17. The molecule has 4 rings (SSSR count). The Balaban J connectivity index is 1.67. The number of benzene rings is 1. The van der Waals surface area contributed by atoms with E-state index in [4.69, 9.17) is 5.11 Å². The molecule has 0 radical (unpaired) electrons. The van der Waals surface area contributed by atoms with Crippen LogP contribution in [0.5, 0.6) is 0 Å². The number of hydrogen-bond donors (Lipinski definition) is 3. The highest BCUT2D eigenvalue weighted by molar-refractivity contribution is 5.82. The molecule has 2 aliphatic rings. The molecule has 2 aliphatic carbocycles. The van der Waals surface area contributed by atoms with Gasteiger partial charge in [-0.3, -0.25) is 23.5 Å². The zero-order valence-electron chi connectivity index (χ0n) is 19.9. The molecule has 1 aromatic heterocycles. The number of nitrogens with zero attached hydrogens (tertiary/aromatic N) is 2. The Bertz CT molecular complexity index is 1210. The van der Waals surface area contributed by atoms with Crippen molar-refractivity contribution in [3.05, 3.63) is 38.8 Å². The van der Waals surface area contributed by atoms with E-state index in [9.17, 15) is 19.2 Å². The van der Waals surface area contributed by atoms with Crippen molar-refractivity contribution >= 4 is 28.5 Å². The molecule has 0 aliphatic heterocycles. The number of amides is 1. The molecular formula is C25H33FN4O5. The van der Waals surface area contributed by atoms with Gasteiger partial charge < -0.3 is 15.7 Å². The van der Waals surface area contributed by atoms with Crippen LogP contribution in [0.3, 0.4) is 0 Å². The number of aromatic nitrogens is 2. The molecule has 10 heteroatoms. The fraction of sp³-hybridized carbons (Fsp3) is 0.600. The highest BCUT2D eigenvalue weighted by Crippen LogP contribution is 2.32. The van der Waals surface area contributed by atoms with Crippen molar-refractivity contribution in [2.45, 2.75) is 89.3 Å². The Labute approximate surface area is 202 Å². The number of anilines is 1. The predicted molar refractivity (Wildman–Crippen MR) is 130 cm³/mol. The van der Waals surface area contributed by atoms with Crippen molar-refractivity contribution in [2.24, 2.45) is 0 Å². The number of carbonyl (C=O) groups is 2. The van der Waals surface area contributed by atoms with E-state index in [1.807, 2.05) is 0 Å². The summed E-state index contributed by atoms with van der Waals surface area (Å²) >= 11 is 0. The average Bonchev–Trinajstić information content (AvgIpc) is 3.36. The molecule has 0 atom stereocenters. The highest BCUT2D eigenvalue weighted by atomic mass is 19.1. The standard InChI is InChI=1S/C25H33FN4O5/c26-19-14-18-21(15-20(19)28-16-6-2-1-3-7-16)30(17-8-4-5-9-17)25(35)29(24(18)34)13-12-27-22(31)10-11-23(32)33/h14-17,28H,1-13H2,(H,27,31)(H,32,33). The third kappa shape index (κ3) is 5.74. The summed E-state index contributed by atoms with van der Waals surface area (Å²) in [4.78, 5) is 49.2. The molecular weight excluding hydrogens is 455 g/mol. The van der Waals surface area contributed by atoms with Crippen LogP contribution in [0.25, 0.3) is 10.9 Å². The molecule has 1 amide bonds. The Morgan fingerprint density at radius 3 is 2.37 bits per heavy atom. The summed E-state index contributed by atoms with van der Waals surface area (Å²) in [6.45, 7) is -0.0869. The third-order valence-electron chi connectivity index (χ3n) is 7.14. The first-order valence-electron chi connectivity index (χ1n) is 12.6. The van der Waals surface area contributed by atoms with E-state index in [2.05, 4.69) is 10.6 Å². The lowest BCUT2D eigenvalue weighted by atomic mass is 9.95. The summed E-state index contributed by atoms with van der Waals surface area (Å²) in [6, 6.07) is 2.93. The summed E-state index contributed by atoms with van der Waals surface area (Å²) < 4.78 is 17.8. The lowest BCUT2D eigenvalue weighted by molar-refractivity contribution is -0.138. The van der Waals surface area contributed by atoms with Crippen molar-refractivity contribution in [1.29, 1.82) is 0 Å². The van der Waals surface area contributed by atoms with Gasteiger partial charge in [-0.25, -0.2) is 9.18 Å². The van der Waals surface area contributed by atoms with E-state index < -0.39 is 28.9 Å². The van der Waals surface area contributed by atoms with E-state index in [1.165, 1.54) is 12.5 Å². The fourth-order valence-electron chi connectivity index (χ4n) is 5.30. The van der Waals surface area contributed by atoms with Crippen LogP contribution < -0.4 is 21.9 Å². The van der Waals surface area contributed by atoms with Gasteiger partial charge >= 0.3 is 11.7 Å². The summed E-state index contributed by atoms with van der Waals surface area (Å²) in [7, 11) is 0. The summed E-state index contributed by atoms with van der Waals surface area (Å²) in [5.41, 5.74) is -0.307. The number of halogens is 1. The topological polar surface area (TPSA) is 122 Å². The zero-order valence-corrected chi connectivity index (χ0v) is 19.9. The number of carboxylic acid groups (broad SMARTS) is 1. The van der Waals surface area contributed by atoms with Gasteiger partial charge in [0, 0.05) is 31.6 Å². The molecule has 0 saturated heterocycles. The van der Waals surface area contributed by atoms with Crippen molar-refractivity contribution in [2.75, 3.05) is 11.9 Å². The van der Waals surface area contributed by atoms with Crippen LogP contribution in [0, 0.1) is 5.82 Å². The van der Waals surface area contributed by atoms with Gasteiger partial charge in [0.25, 0.3) is 5.56 Å². The monoisotopic (exact) mass is 488 g/mol. The van der Waals surface area contributed by atoms with E-state index in [-0.39, 0.29) is 43.4 Å². The molecule has 190 valence electrons. The molecule has 2 aromatic rings. The van der Waals surface area contributed by atoms with E-state index >= 15 is 4.39 Å². The van der Waals surface area contributed by atoms with Crippen LogP contribution in [0.4, 0.5) is 10.1 Å². The van der Waals surface area contributed by atoms with Gasteiger partial charge in [-0.1, -0.05) is 32.1 Å². The Kier molecular flexibility index (Phi) is 7.87. The van der Waals surface area contributed by atoms with Gasteiger partial charge in [-0.15, -0.1) is 0 Å². The quantitative estimate of drug-likeness (QED) is 0.498. The Morgan fingerprint density at radius 1 is 1.00 bits per heavy atom. The maximum atomic E-state index is 15.1. The third-order valence-corrected chi connectivity index (χ3v) is 7.14. The summed E-state index contributed by atoms with van der Waals surface area (Å²) in [5.74, 6) is -2.07.